The molecule has 0 fully saturated rings. The number of aromatic nitrogens is 1. The van der Waals surface area contributed by atoms with E-state index in [9.17, 15) is 13.2 Å². The summed E-state index contributed by atoms with van der Waals surface area (Å²) in [5.74, 6) is 0. The summed E-state index contributed by atoms with van der Waals surface area (Å²) in [6, 6.07) is 33.3. The molecular weight excluding hydrogens is 523 g/mol. The first-order valence-electron chi connectivity index (χ1n) is 12.9. The van der Waals surface area contributed by atoms with Crippen molar-refractivity contribution in [3.8, 4) is 33.6 Å². The third-order valence-electron chi connectivity index (χ3n) is 6.79. The Kier molecular flexibility index (Phi) is 8.87. The predicted molar refractivity (Wildman–Crippen MR) is 146 cm³/mol. The molecule has 0 bridgehead atoms. The normalized spacial score (nSPS) is 12.6. The van der Waals surface area contributed by atoms with E-state index in [2.05, 4.69) is 102 Å². The van der Waals surface area contributed by atoms with Crippen LogP contribution in [0.2, 0.25) is 0 Å². The lowest BCUT2D eigenvalue weighted by atomic mass is 9.83. The maximum atomic E-state index is 10.7. The van der Waals surface area contributed by atoms with Crippen molar-refractivity contribution in [1.82, 2.24) is 0 Å². The first kappa shape index (κ1) is 28.5. The van der Waals surface area contributed by atoms with E-state index in [1.165, 1.54) is 64.0 Å². The van der Waals surface area contributed by atoms with Crippen molar-refractivity contribution in [2.75, 3.05) is 0 Å². The van der Waals surface area contributed by atoms with Gasteiger partial charge in [0.1, 0.15) is 6.54 Å². The zero-order chi connectivity index (χ0) is 28.0. The van der Waals surface area contributed by atoms with Crippen LogP contribution in [-0.2, 0) is 29.5 Å². The minimum absolute atomic E-state index is 1.06. The molecule has 0 N–H and O–H groups in total. The molecule has 1 aromatic heterocycles. The van der Waals surface area contributed by atoms with E-state index in [0.717, 1.165) is 19.4 Å². The number of unbranched alkanes of at least 4 members (excludes halogenated alkanes) is 2. The molecule has 0 amide bonds. The molecule has 0 saturated carbocycles. The van der Waals surface area contributed by atoms with E-state index in [1.807, 2.05) is 0 Å². The summed E-state index contributed by atoms with van der Waals surface area (Å²) in [6.07, 6.45) is 5.92. The number of hydrogen-bond donors (Lipinski definition) is 0. The molecular formula is C31H30F3NO3S. The summed E-state index contributed by atoms with van der Waals surface area (Å²) in [6.45, 7) is 3.34. The summed E-state index contributed by atoms with van der Waals surface area (Å²) in [5.41, 5.74) is 5.49. The minimum atomic E-state index is -6.09. The lowest BCUT2D eigenvalue weighted by Gasteiger charge is -2.23. The fourth-order valence-electron chi connectivity index (χ4n) is 4.98. The fourth-order valence-corrected chi connectivity index (χ4v) is 4.98. The Labute approximate surface area is 227 Å². The summed E-state index contributed by atoms with van der Waals surface area (Å²) < 4.78 is 61.5. The van der Waals surface area contributed by atoms with Crippen LogP contribution in [0.15, 0.2) is 91.0 Å². The van der Waals surface area contributed by atoms with E-state index in [1.54, 1.807) is 0 Å². The average molecular weight is 554 g/mol. The molecule has 4 aromatic rings. The second-order valence-electron chi connectivity index (χ2n) is 9.42. The Morgan fingerprint density at radius 1 is 0.795 bits per heavy atom. The lowest BCUT2D eigenvalue weighted by Crippen LogP contribution is -2.41. The maximum Gasteiger partial charge on any atom is 0.485 e. The maximum absolute atomic E-state index is 10.7. The molecule has 4 nitrogen and oxygen atoms in total. The Balaban J connectivity index is 0.000000386. The highest BCUT2D eigenvalue weighted by Crippen LogP contribution is 2.39. The molecule has 0 radical (unpaired) electrons. The zero-order valence-electron chi connectivity index (χ0n) is 21.6. The van der Waals surface area contributed by atoms with Gasteiger partial charge >= 0.3 is 5.51 Å². The Bertz CT molecular complexity index is 1520. The molecule has 1 heterocycles. The minimum Gasteiger partial charge on any atom is -0.741 e. The number of nitrogens with zero attached hydrogens (tertiary/aromatic N) is 1. The van der Waals surface area contributed by atoms with Gasteiger partial charge in [0.25, 0.3) is 0 Å². The largest absolute Gasteiger partial charge is 0.741 e. The zero-order valence-corrected chi connectivity index (χ0v) is 22.4. The first-order valence-corrected chi connectivity index (χ1v) is 14.3. The summed E-state index contributed by atoms with van der Waals surface area (Å²) in [4.78, 5) is 0. The van der Waals surface area contributed by atoms with Crippen molar-refractivity contribution in [2.45, 2.75) is 51.1 Å². The van der Waals surface area contributed by atoms with Crippen molar-refractivity contribution in [3.63, 3.8) is 0 Å². The van der Waals surface area contributed by atoms with Crippen LogP contribution in [0, 0.1) is 0 Å². The monoisotopic (exact) mass is 553 g/mol. The second kappa shape index (κ2) is 12.1. The Morgan fingerprint density at radius 2 is 1.36 bits per heavy atom. The number of alkyl halides is 3. The van der Waals surface area contributed by atoms with Crippen molar-refractivity contribution in [1.29, 1.82) is 0 Å². The van der Waals surface area contributed by atoms with Gasteiger partial charge in [-0.2, -0.15) is 17.7 Å². The molecule has 204 valence electrons. The SMILES string of the molecule is CCCCC[n+]1c(-c2ccccc2)cc(-c2ccccc2)c2c1-c1ccccc1CC2.O=S(=O)([O-])C(F)(F)F. The highest BCUT2D eigenvalue weighted by atomic mass is 32.2. The van der Waals surface area contributed by atoms with E-state index >= 15 is 0 Å². The second-order valence-corrected chi connectivity index (χ2v) is 10.8. The summed E-state index contributed by atoms with van der Waals surface area (Å²) in [5, 5.41) is 0. The van der Waals surface area contributed by atoms with E-state index in [0.29, 0.717) is 0 Å². The molecule has 5 rings (SSSR count). The molecule has 3 aromatic carbocycles. The highest BCUT2D eigenvalue weighted by Gasteiger charge is 2.37. The molecule has 0 spiro atoms. The van der Waals surface area contributed by atoms with Gasteiger partial charge < -0.3 is 4.55 Å². The third-order valence-corrected chi connectivity index (χ3v) is 7.36. The molecule has 0 saturated heterocycles. The number of benzene rings is 3. The summed E-state index contributed by atoms with van der Waals surface area (Å²) in [7, 11) is -6.09. The molecule has 0 aliphatic heterocycles. The average Bonchev–Trinajstić information content (AvgIpc) is 2.93. The predicted octanol–water partition coefficient (Wildman–Crippen LogP) is 7.32. The quantitative estimate of drug-likeness (QED) is 0.109. The van der Waals surface area contributed by atoms with Gasteiger partial charge in [-0.25, -0.2) is 8.42 Å². The van der Waals surface area contributed by atoms with Crippen LogP contribution in [0.25, 0.3) is 33.6 Å². The number of pyridine rings is 1. The van der Waals surface area contributed by atoms with Crippen molar-refractivity contribution < 1.29 is 30.7 Å². The van der Waals surface area contributed by atoms with Gasteiger partial charge in [-0.3, -0.25) is 0 Å². The topological polar surface area (TPSA) is 61.1 Å². The Hall–Kier alpha value is -3.49. The van der Waals surface area contributed by atoms with E-state index in [-0.39, 0.29) is 0 Å². The van der Waals surface area contributed by atoms with Gasteiger partial charge in [0.15, 0.2) is 10.1 Å². The van der Waals surface area contributed by atoms with Gasteiger partial charge in [-0.05, 0) is 54.2 Å². The van der Waals surface area contributed by atoms with Crippen molar-refractivity contribution in [3.05, 3.63) is 102 Å². The number of hydrogen-bond acceptors (Lipinski definition) is 3. The van der Waals surface area contributed by atoms with Crippen molar-refractivity contribution >= 4 is 10.1 Å². The molecule has 1 aliphatic carbocycles. The number of fused-ring (bicyclic) bond motifs is 3. The van der Waals surface area contributed by atoms with E-state index < -0.39 is 15.6 Å². The van der Waals surface area contributed by atoms with Gasteiger partial charge in [0, 0.05) is 29.2 Å². The van der Waals surface area contributed by atoms with Crippen LogP contribution >= 0.6 is 0 Å². The lowest BCUT2D eigenvalue weighted by molar-refractivity contribution is -0.676. The van der Waals surface area contributed by atoms with Gasteiger partial charge in [0.2, 0.25) is 11.4 Å². The van der Waals surface area contributed by atoms with Crippen LogP contribution in [0.3, 0.4) is 0 Å². The summed E-state index contributed by atoms with van der Waals surface area (Å²) >= 11 is 0. The fraction of sp³-hybridized carbons (Fsp3) is 0.258. The van der Waals surface area contributed by atoms with Gasteiger partial charge in [-0.1, -0.05) is 80.1 Å². The molecule has 8 heteroatoms. The third kappa shape index (κ3) is 6.57. The standard InChI is InChI=1S/C30H30N.CHF3O3S/c1-2-3-12-21-31-29(25-16-8-5-9-17-25)22-28(23-13-6-4-7-14-23)27-20-19-24-15-10-11-18-26(24)30(27)31;2-1(3,4)8(5,6)7/h4-11,13-18,22H,2-3,12,19-21H2,1H3;(H,5,6,7)/q+1;/p-1. The Morgan fingerprint density at radius 3 is 1.95 bits per heavy atom. The molecule has 1 aliphatic rings. The van der Waals surface area contributed by atoms with E-state index in [4.69, 9.17) is 13.0 Å². The first-order chi connectivity index (χ1) is 18.6. The number of halogens is 3. The molecule has 39 heavy (non-hydrogen) atoms. The van der Waals surface area contributed by atoms with Crippen molar-refractivity contribution in [2.24, 2.45) is 0 Å². The van der Waals surface area contributed by atoms with Gasteiger partial charge in [-0.15, -0.1) is 0 Å². The smallest absolute Gasteiger partial charge is 0.485 e. The molecule has 0 atom stereocenters. The molecule has 0 unspecified atom stereocenters. The van der Waals surface area contributed by atoms with Crippen LogP contribution < -0.4 is 4.57 Å². The van der Waals surface area contributed by atoms with Gasteiger partial charge in [0.05, 0.1) is 0 Å². The van der Waals surface area contributed by atoms with Crippen LogP contribution in [0.4, 0.5) is 13.2 Å². The number of aryl methyl sites for hydroxylation is 1. The highest BCUT2D eigenvalue weighted by molar-refractivity contribution is 7.86. The van der Waals surface area contributed by atoms with Crippen LogP contribution in [-0.4, -0.2) is 18.5 Å². The van der Waals surface area contributed by atoms with Crippen LogP contribution in [0.1, 0.15) is 37.3 Å². The van der Waals surface area contributed by atoms with Crippen LogP contribution in [0.5, 0.6) is 0 Å². The number of rotatable bonds is 6.